The third-order valence-electron chi connectivity index (χ3n) is 3.71. The summed E-state index contributed by atoms with van der Waals surface area (Å²) >= 11 is 0. The molecule has 1 saturated carbocycles. The van der Waals surface area contributed by atoms with Crippen LogP contribution < -0.4 is 10.1 Å². The van der Waals surface area contributed by atoms with Crippen LogP contribution in [0, 0.1) is 5.92 Å². The second-order valence-electron chi connectivity index (χ2n) is 5.11. The summed E-state index contributed by atoms with van der Waals surface area (Å²) in [6.45, 7) is 2.35. The Morgan fingerprint density at radius 2 is 1.90 bits per heavy atom. The Morgan fingerprint density at radius 1 is 1.20 bits per heavy atom. The molecule has 0 radical (unpaired) electrons. The number of hydrogen-bond donors (Lipinski definition) is 1. The van der Waals surface area contributed by atoms with Crippen LogP contribution in [0.2, 0.25) is 0 Å². The van der Waals surface area contributed by atoms with Gasteiger partial charge in [-0.15, -0.1) is 0 Å². The Labute approximate surface area is 117 Å². The van der Waals surface area contributed by atoms with E-state index in [0.29, 0.717) is 30.9 Å². The van der Waals surface area contributed by atoms with E-state index in [9.17, 15) is 13.2 Å². The highest BCUT2D eigenvalue weighted by atomic mass is 19.4. The minimum absolute atomic E-state index is 0.206. The number of benzene rings is 1. The lowest BCUT2D eigenvalue weighted by Crippen LogP contribution is -2.41. The lowest BCUT2D eigenvalue weighted by Gasteiger charge is -2.34. The first-order valence-electron chi connectivity index (χ1n) is 7.07. The van der Waals surface area contributed by atoms with Crippen LogP contribution in [0.4, 0.5) is 18.9 Å². The first-order chi connectivity index (χ1) is 9.52. The van der Waals surface area contributed by atoms with Crippen molar-refractivity contribution in [2.24, 2.45) is 5.92 Å². The number of halogens is 3. The van der Waals surface area contributed by atoms with Gasteiger partial charge in [0.05, 0.1) is 18.2 Å². The van der Waals surface area contributed by atoms with Crippen LogP contribution in [0.5, 0.6) is 5.75 Å². The molecule has 0 spiro atoms. The standard InChI is InChI=1S/C15H20F3NO/c1-2-20-14-10-6-5-9-13(14)19-12-8-4-3-7-11(12)15(16,17)18/h5-6,9-12,19H,2-4,7-8H2,1H3. The van der Waals surface area contributed by atoms with Crippen LogP contribution in [-0.4, -0.2) is 18.8 Å². The number of alkyl halides is 3. The van der Waals surface area contributed by atoms with Gasteiger partial charge in [-0.1, -0.05) is 25.0 Å². The Balaban J connectivity index is 2.15. The largest absolute Gasteiger partial charge is 0.492 e. The number of para-hydroxylation sites is 2. The fourth-order valence-electron chi connectivity index (χ4n) is 2.76. The van der Waals surface area contributed by atoms with Gasteiger partial charge in [-0.3, -0.25) is 0 Å². The molecule has 0 heterocycles. The average molecular weight is 287 g/mol. The van der Waals surface area contributed by atoms with Gasteiger partial charge in [0, 0.05) is 6.04 Å². The van der Waals surface area contributed by atoms with E-state index in [1.807, 2.05) is 13.0 Å². The van der Waals surface area contributed by atoms with E-state index in [1.165, 1.54) is 0 Å². The first-order valence-corrected chi connectivity index (χ1v) is 7.07. The molecule has 1 aromatic carbocycles. The molecule has 0 aliphatic heterocycles. The zero-order valence-corrected chi connectivity index (χ0v) is 11.5. The van der Waals surface area contributed by atoms with Crippen LogP contribution in [-0.2, 0) is 0 Å². The van der Waals surface area contributed by atoms with Crippen molar-refractivity contribution in [3.05, 3.63) is 24.3 Å². The summed E-state index contributed by atoms with van der Waals surface area (Å²) in [5.41, 5.74) is 0.649. The molecular weight excluding hydrogens is 267 g/mol. The summed E-state index contributed by atoms with van der Waals surface area (Å²) in [5, 5.41) is 3.05. The number of rotatable bonds is 4. The number of hydrogen-bond acceptors (Lipinski definition) is 2. The lowest BCUT2D eigenvalue weighted by molar-refractivity contribution is -0.184. The van der Waals surface area contributed by atoms with E-state index in [-0.39, 0.29) is 6.42 Å². The van der Waals surface area contributed by atoms with Gasteiger partial charge in [0.1, 0.15) is 5.75 Å². The Morgan fingerprint density at radius 3 is 2.60 bits per heavy atom. The van der Waals surface area contributed by atoms with Crippen molar-refractivity contribution in [2.75, 3.05) is 11.9 Å². The minimum Gasteiger partial charge on any atom is -0.492 e. The second-order valence-corrected chi connectivity index (χ2v) is 5.11. The SMILES string of the molecule is CCOc1ccccc1NC1CCCCC1C(F)(F)F. The molecule has 2 nitrogen and oxygen atoms in total. The van der Waals surface area contributed by atoms with Crippen molar-refractivity contribution >= 4 is 5.69 Å². The van der Waals surface area contributed by atoms with Crippen molar-refractivity contribution in [2.45, 2.75) is 44.8 Å². The van der Waals surface area contributed by atoms with Gasteiger partial charge in [-0.05, 0) is 31.9 Å². The highest BCUT2D eigenvalue weighted by molar-refractivity contribution is 5.56. The maximum Gasteiger partial charge on any atom is 0.393 e. The second kappa shape index (κ2) is 6.37. The third kappa shape index (κ3) is 3.58. The smallest absolute Gasteiger partial charge is 0.393 e. The fraction of sp³-hybridized carbons (Fsp3) is 0.600. The summed E-state index contributed by atoms with van der Waals surface area (Å²) in [6, 6.07) is 6.60. The summed E-state index contributed by atoms with van der Waals surface area (Å²) in [7, 11) is 0. The molecule has 1 N–H and O–H groups in total. The molecule has 2 rings (SSSR count). The van der Waals surface area contributed by atoms with E-state index >= 15 is 0 Å². The van der Waals surface area contributed by atoms with E-state index < -0.39 is 18.1 Å². The monoisotopic (exact) mass is 287 g/mol. The van der Waals surface area contributed by atoms with Crippen LogP contribution in [0.3, 0.4) is 0 Å². The maximum absolute atomic E-state index is 13.1. The average Bonchev–Trinajstić information content (AvgIpc) is 2.41. The Kier molecular flexibility index (Phi) is 4.78. The molecule has 1 fully saturated rings. The molecule has 0 amide bonds. The van der Waals surface area contributed by atoms with Gasteiger partial charge in [0.25, 0.3) is 0 Å². The van der Waals surface area contributed by atoms with E-state index in [2.05, 4.69) is 5.32 Å². The zero-order chi connectivity index (χ0) is 14.6. The van der Waals surface area contributed by atoms with Crippen LogP contribution in [0.1, 0.15) is 32.6 Å². The van der Waals surface area contributed by atoms with E-state index in [0.717, 1.165) is 6.42 Å². The predicted octanol–water partition coefficient (Wildman–Crippen LogP) is 4.62. The molecule has 0 saturated heterocycles. The summed E-state index contributed by atoms with van der Waals surface area (Å²) in [5.74, 6) is -0.660. The Bertz CT molecular complexity index is 433. The minimum atomic E-state index is -4.14. The van der Waals surface area contributed by atoms with Crippen molar-refractivity contribution in [3.8, 4) is 5.75 Å². The van der Waals surface area contributed by atoms with Crippen molar-refractivity contribution in [1.82, 2.24) is 0 Å². The molecule has 0 bridgehead atoms. The molecular formula is C15H20F3NO. The Hall–Kier alpha value is -1.39. The van der Waals surface area contributed by atoms with Gasteiger partial charge in [0.15, 0.2) is 0 Å². The fourth-order valence-corrected chi connectivity index (χ4v) is 2.76. The van der Waals surface area contributed by atoms with Crippen LogP contribution in [0.25, 0.3) is 0 Å². The van der Waals surface area contributed by atoms with Crippen LogP contribution >= 0.6 is 0 Å². The van der Waals surface area contributed by atoms with Crippen LogP contribution in [0.15, 0.2) is 24.3 Å². The summed E-state index contributed by atoms with van der Waals surface area (Å²) < 4.78 is 44.7. The molecule has 2 unspecified atom stereocenters. The lowest BCUT2D eigenvalue weighted by atomic mass is 9.84. The summed E-state index contributed by atoms with van der Waals surface area (Å²) in [6.07, 6.45) is -1.90. The number of anilines is 1. The quantitative estimate of drug-likeness (QED) is 0.872. The van der Waals surface area contributed by atoms with Gasteiger partial charge in [-0.25, -0.2) is 0 Å². The van der Waals surface area contributed by atoms with E-state index in [1.54, 1.807) is 18.2 Å². The molecule has 1 aliphatic rings. The third-order valence-corrected chi connectivity index (χ3v) is 3.71. The summed E-state index contributed by atoms with van der Waals surface area (Å²) in [4.78, 5) is 0. The van der Waals surface area contributed by atoms with Gasteiger partial charge in [0.2, 0.25) is 0 Å². The molecule has 1 aromatic rings. The molecule has 2 atom stereocenters. The predicted molar refractivity (Wildman–Crippen MR) is 73.0 cm³/mol. The van der Waals surface area contributed by atoms with Gasteiger partial charge < -0.3 is 10.1 Å². The van der Waals surface area contributed by atoms with Gasteiger partial charge in [-0.2, -0.15) is 13.2 Å². The first kappa shape index (κ1) is 15.0. The maximum atomic E-state index is 13.1. The van der Waals surface area contributed by atoms with Crippen molar-refractivity contribution in [3.63, 3.8) is 0 Å². The number of ether oxygens (including phenoxy) is 1. The topological polar surface area (TPSA) is 21.3 Å². The molecule has 0 aromatic heterocycles. The zero-order valence-electron chi connectivity index (χ0n) is 11.5. The highest BCUT2D eigenvalue weighted by Gasteiger charge is 2.45. The van der Waals surface area contributed by atoms with Crippen molar-refractivity contribution in [1.29, 1.82) is 0 Å². The highest BCUT2D eigenvalue weighted by Crippen LogP contribution is 2.40. The molecule has 112 valence electrons. The molecule has 1 aliphatic carbocycles. The van der Waals surface area contributed by atoms with Gasteiger partial charge >= 0.3 is 6.18 Å². The molecule has 5 heteroatoms. The van der Waals surface area contributed by atoms with E-state index in [4.69, 9.17) is 4.74 Å². The normalized spacial score (nSPS) is 23.4. The molecule has 20 heavy (non-hydrogen) atoms. The van der Waals surface area contributed by atoms with Crippen molar-refractivity contribution < 1.29 is 17.9 Å². The number of nitrogens with one attached hydrogen (secondary N) is 1.